The second kappa shape index (κ2) is 5.10. The summed E-state index contributed by atoms with van der Waals surface area (Å²) in [7, 11) is 1.85. The highest BCUT2D eigenvalue weighted by Crippen LogP contribution is 2.43. The van der Waals surface area contributed by atoms with Gasteiger partial charge in [0.25, 0.3) is 0 Å². The zero-order valence-electron chi connectivity index (χ0n) is 12.1. The molecule has 1 aliphatic heterocycles. The fourth-order valence-electron chi connectivity index (χ4n) is 3.03. The van der Waals surface area contributed by atoms with Gasteiger partial charge in [-0.2, -0.15) is 0 Å². The number of fused-ring (bicyclic) bond motifs is 2. The Morgan fingerprint density at radius 2 is 2.05 bits per heavy atom. The Balaban J connectivity index is 1.92. The summed E-state index contributed by atoms with van der Waals surface area (Å²) in [4.78, 5) is 17.7. The summed E-state index contributed by atoms with van der Waals surface area (Å²) < 4.78 is 0. The fraction of sp³-hybridized carbons (Fsp3) is 0.176. The molecule has 1 aromatic heterocycles. The van der Waals surface area contributed by atoms with Gasteiger partial charge in [-0.05, 0) is 16.3 Å². The normalized spacial score (nSPS) is 17.1. The van der Waals surface area contributed by atoms with E-state index in [2.05, 4.69) is 45.9 Å². The lowest BCUT2D eigenvalue weighted by Gasteiger charge is -2.22. The van der Waals surface area contributed by atoms with Crippen molar-refractivity contribution >= 4 is 39.0 Å². The van der Waals surface area contributed by atoms with Crippen LogP contribution in [0.15, 0.2) is 42.5 Å². The van der Waals surface area contributed by atoms with E-state index in [1.165, 1.54) is 16.3 Å². The van der Waals surface area contributed by atoms with Crippen LogP contribution < -0.4 is 10.6 Å². The number of thiazole rings is 1. The Morgan fingerprint density at radius 1 is 1.23 bits per heavy atom. The summed E-state index contributed by atoms with van der Waals surface area (Å²) in [6.45, 7) is 0. The van der Waals surface area contributed by atoms with Crippen molar-refractivity contribution in [2.45, 2.75) is 12.3 Å². The zero-order valence-corrected chi connectivity index (χ0v) is 12.9. The number of nitrogens with one attached hydrogen (secondary N) is 2. The third-order valence-electron chi connectivity index (χ3n) is 4.03. The van der Waals surface area contributed by atoms with E-state index in [4.69, 9.17) is 0 Å². The molecule has 2 heterocycles. The first-order valence-corrected chi connectivity index (χ1v) is 8.04. The molecular formula is C17H15N3OS. The quantitative estimate of drug-likeness (QED) is 0.757. The van der Waals surface area contributed by atoms with Crippen LogP contribution in [0.2, 0.25) is 0 Å². The van der Waals surface area contributed by atoms with Crippen molar-refractivity contribution in [1.29, 1.82) is 0 Å². The largest absolute Gasteiger partial charge is 0.365 e. The maximum absolute atomic E-state index is 12.1. The molecule has 1 amide bonds. The number of amides is 1. The molecule has 1 atom stereocenters. The molecule has 4 nitrogen and oxygen atoms in total. The van der Waals surface area contributed by atoms with E-state index in [1.54, 1.807) is 11.3 Å². The third kappa shape index (κ3) is 2.05. The highest BCUT2D eigenvalue weighted by molar-refractivity contribution is 7.16. The predicted octanol–water partition coefficient (Wildman–Crippen LogP) is 3.81. The number of carbonyl (C=O) groups excluding carboxylic acids is 1. The van der Waals surface area contributed by atoms with Gasteiger partial charge >= 0.3 is 0 Å². The third-order valence-corrected chi connectivity index (χ3v) is 5.22. The monoisotopic (exact) mass is 309 g/mol. The molecule has 2 N–H and O–H groups in total. The van der Waals surface area contributed by atoms with Crippen molar-refractivity contribution in [3.05, 3.63) is 52.9 Å². The van der Waals surface area contributed by atoms with Crippen molar-refractivity contribution in [3.63, 3.8) is 0 Å². The second-order valence-electron chi connectivity index (χ2n) is 5.36. The minimum atomic E-state index is 0.0263. The van der Waals surface area contributed by atoms with E-state index in [0.29, 0.717) is 12.2 Å². The van der Waals surface area contributed by atoms with Crippen LogP contribution in [0, 0.1) is 0 Å². The lowest BCUT2D eigenvalue weighted by molar-refractivity contribution is -0.116. The maximum Gasteiger partial charge on any atom is 0.226 e. The van der Waals surface area contributed by atoms with Crippen LogP contribution in [0.4, 0.5) is 10.9 Å². The number of hydrogen-bond acceptors (Lipinski definition) is 4. The number of rotatable bonds is 2. The fourth-order valence-corrected chi connectivity index (χ4v) is 4.02. The van der Waals surface area contributed by atoms with E-state index >= 15 is 0 Å². The summed E-state index contributed by atoms with van der Waals surface area (Å²) >= 11 is 1.61. The van der Waals surface area contributed by atoms with Gasteiger partial charge in [0, 0.05) is 19.4 Å². The van der Waals surface area contributed by atoms with Gasteiger partial charge in [0.05, 0.1) is 4.88 Å². The average molecular weight is 309 g/mol. The summed E-state index contributed by atoms with van der Waals surface area (Å²) in [5, 5.41) is 9.18. The minimum absolute atomic E-state index is 0.0263. The van der Waals surface area contributed by atoms with Crippen molar-refractivity contribution in [2.24, 2.45) is 0 Å². The predicted molar refractivity (Wildman–Crippen MR) is 90.7 cm³/mol. The number of benzene rings is 2. The van der Waals surface area contributed by atoms with E-state index in [1.807, 2.05) is 19.2 Å². The first kappa shape index (κ1) is 13.3. The maximum atomic E-state index is 12.1. The van der Waals surface area contributed by atoms with E-state index in [-0.39, 0.29) is 11.8 Å². The molecule has 5 heteroatoms. The molecule has 110 valence electrons. The molecule has 4 rings (SSSR count). The molecule has 0 spiro atoms. The van der Waals surface area contributed by atoms with Crippen molar-refractivity contribution in [3.8, 4) is 0 Å². The first-order valence-electron chi connectivity index (χ1n) is 7.22. The second-order valence-corrected chi connectivity index (χ2v) is 6.39. The average Bonchev–Trinajstić information content (AvgIpc) is 2.96. The van der Waals surface area contributed by atoms with Gasteiger partial charge in [0.2, 0.25) is 5.91 Å². The summed E-state index contributed by atoms with van der Waals surface area (Å²) in [5.41, 5.74) is 1.19. The highest BCUT2D eigenvalue weighted by atomic mass is 32.1. The number of carbonyl (C=O) groups is 1. The Bertz CT molecular complexity index is 866. The Labute approximate surface area is 132 Å². The highest BCUT2D eigenvalue weighted by Gasteiger charge is 2.31. The Hall–Kier alpha value is -2.40. The number of anilines is 2. The molecule has 0 saturated heterocycles. The molecular weight excluding hydrogens is 294 g/mol. The van der Waals surface area contributed by atoms with Gasteiger partial charge in [-0.15, -0.1) is 0 Å². The van der Waals surface area contributed by atoms with Crippen LogP contribution in [-0.2, 0) is 4.79 Å². The molecule has 0 aliphatic carbocycles. The zero-order chi connectivity index (χ0) is 15.1. The van der Waals surface area contributed by atoms with Gasteiger partial charge in [-0.1, -0.05) is 53.8 Å². The molecule has 0 fully saturated rings. The van der Waals surface area contributed by atoms with Gasteiger partial charge in [0.1, 0.15) is 5.82 Å². The van der Waals surface area contributed by atoms with Crippen LogP contribution in [-0.4, -0.2) is 17.9 Å². The van der Waals surface area contributed by atoms with Crippen LogP contribution in [0.1, 0.15) is 22.8 Å². The molecule has 22 heavy (non-hydrogen) atoms. The number of hydrogen-bond donors (Lipinski definition) is 2. The molecule has 0 bridgehead atoms. The van der Waals surface area contributed by atoms with Gasteiger partial charge < -0.3 is 10.6 Å². The Kier molecular flexibility index (Phi) is 3.08. The van der Waals surface area contributed by atoms with Gasteiger partial charge in [-0.3, -0.25) is 4.79 Å². The summed E-state index contributed by atoms with van der Waals surface area (Å²) in [6.07, 6.45) is 0.465. The van der Waals surface area contributed by atoms with E-state index in [0.717, 1.165) is 10.0 Å². The molecule has 3 aromatic rings. The van der Waals surface area contributed by atoms with Crippen molar-refractivity contribution in [2.75, 3.05) is 17.7 Å². The van der Waals surface area contributed by atoms with Crippen LogP contribution in [0.3, 0.4) is 0 Å². The molecule has 0 unspecified atom stereocenters. The number of nitrogens with zero attached hydrogens (tertiary/aromatic N) is 1. The van der Waals surface area contributed by atoms with Gasteiger partial charge in [0.15, 0.2) is 5.13 Å². The smallest absolute Gasteiger partial charge is 0.226 e. The van der Waals surface area contributed by atoms with Crippen LogP contribution in [0.5, 0.6) is 0 Å². The van der Waals surface area contributed by atoms with Crippen LogP contribution in [0.25, 0.3) is 10.8 Å². The minimum Gasteiger partial charge on any atom is -0.365 e. The SMILES string of the molecule is CNc1nc2c(s1)[C@H](c1cccc3ccccc13)CC(=O)N2. The van der Waals surface area contributed by atoms with Crippen molar-refractivity contribution < 1.29 is 4.79 Å². The topological polar surface area (TPSA) is 54.0 Å². The number of aromatic nitrogens is 1. The molecule has 1 aliphatic rings. The summed E-state index contributed by atoms with van der Waals surface area (Å²) in [5.74, 6) is 0.788. The molecule has 0 radical (unpaired) electrons. The standard InChI is InChI=1S/C17H15N3OS/c1-18-17-20-16-15(22-17)13(9-14(21)19-16)12-8-4-6-10-5-2-3-7-11(10)12/h2-8,13H,9H2,1H3,(H,18,20)(H,19,21)/t13-/m0/s1. The van der Waals surface area contributed by atoms with E-state index in [9.17, 15) is 4.79 Å². The van der Waals surface area contributed by atoms with E-state index < -0.39 is 0 Å². The molecule has 0 saturated carbocycles. The summed E-state index contributed by atoms with van der Waals surface area (Å²) in [6, 6.07) is 14.6. The lowest BCUT2D eigenvalue weighted by Crippen LogP contribution is -2.22. The Morgan fingerprint density at radius 3 is 2.91 bits per heavy atom. The molecule has 2 aromatic carbocycles. The van der Waals surface area contributed by atoms with Crippen LogP contribution >= 0.6 is 11.3 Å². The van der Waals surface area contributed by atoms with Crippen molar-refractivity contribution in [1.82, 2.24) is 4.98 Å². The lowest BCUT2D eigenvalue weighted by atomic mass is 9.88. The van der Waals surface area contributed by atoms with Gasteiger partial charge in [-0.25, -0.2) is 4.98 Å². The first-order chi connectivity index (χ1) is 10.8.